The Kier molecular flexibility index (Phi) is 3.71. The summed E-state index contributed by atoms with van der Waals surface area (Å²) in [5, 5.41) is 11.5. The molecule has 1 aromatic rings. The van der Waals surface area contributed by atoms with Gasteiger partial charge in [0.1, 0.15) is 0 Å². The molecule has 1 N–H and O–H groups in total. The number of urea groups is 1. The lowest BCUT2D eigenvalue weighted by molar-refractivity contribution is 0.195. The van der Waals surface area contributed by atoms with Crippen LogP contribution in [0.3, 0.4) is 0 Å². The van der Waals surface area contributed by atoms with Crippen LogP contribution in [0.5, 0.6) is 0 Å². The Morgan fingerprint density at radius 2 is 2.00 bits per heavy atom. The number of rotatable bonds is 3. The van der Waals surface area contributed by atoms with Crippen LogP contribution in [0.15, 0.2) is 12.1 Å². The maximum atomic E-state index is 11.7. The highest BCUT2D eigenvalue weighted by atomic mass is 16.2. The van der Waals surface area contributed by atoms with Gasteiger partial charge in [0.2, 0.25) is 0 Å². The fourth-order valence-electron chi connectivity index (χ4n) is 2.50. The van der Waals surface area contributed by atoms with Crippen LogP contribution >= 0.6 is 0 Å². The van der Waals surface area contributed by atoms with Crippen LogP contribution in [0.4, 0.5) is 10.6 Å². The van der Waals surface area contributed by atoms with Gasteiger partial charge in [0.15, 0.2) is 5.82 Å². The van der Waals surface area contributed by atoms with Crippen molar-refractivity contribution in [2.24, 2.45) is 0 Å². The molecule has 1 saturated heterocycles. The average Bonchev–Trinajstić information content (AvgIpc) is 3.33. The van der Waals surface area contributed by atoms with Crippen molar-refractivity contribution in [3.8, 4) is 0 Å². The normalized spacial score (nSPS) is 19.1. The second-order valence-corrected chi connectivity index (χ2v) is 5.40. The number of anilines is 1. The standard InChI is InChI=1S/C14H21N5O/c1-2-15-14(20)19-9-7-18(8-10-19)13-6-5-12(16-17-13)11-3-4-11/h5-6,11H,2-4,7-10H2,1H3,(H,15,20). The Balaban J connectivity index is 1.55. The summed E-state index contributed by atoms with van der Waals surface area (Å²) < 4.78 is 0. The minimum absolute atomic E-state index is 0.0299. The first kappa shape index (κ1) is 13.1. The molecule has 0 aromatic carbocycles. The lowest BCUT2D eigenvalue weighted by Gasteiger charge is -2.35. The second kappa shape index (κ2) is 5.64. The summed E-state index contributed by atoms with van der Waals surface area (Å²) in [5.74, 6) is 1.57. The van der Waals surface area contributed by atoms with Crippen molar-refractivity contribution in [3.05, 3.63) is 17.8 Å². The van der Waals surface area contributed by atoms with E-state index in [4.69, 9.17) is 0 Å². The summed E-state index contributed by atoms with van der Waals surface area (Å²) in [6.07, 6.45) is 2.50. The van der Waals surface area contributed by atoms with Gasteiger partial charge in [-0.15, -0.1) is 5.10 Å². The van der Waals surface area contributed by atoms with Gasteiger partial charge in [-0.05, 0) is 31.9 Å². The lowest BCUT2D eigenvalue weighted by atomic mass is 10.2. The van der Waals surface area contributed by atoms with E-state index in [2.05, 4.69) is 32.5 Å². The van der Waals surface area contributed by atoms with Gasteiger partial charge in [-0.1, -0.05) is 0 Å². The van der Waals surface area contributed by atoms with Crippen molar-refractivity contribution in [1.29, 1.82) is 0 Å². The smallest absolute Gasteiger partial charge is 0.317 e. The molecule has 2 fully saturated rings. The molecule has 0 spiro atoms. The van der Waals surface area contributed by atoms with Gasteiger partial charge in [-0.3, -0.25) is 0 Å². The molecule has 1 aromatic heterocycles. The van der Waals surface area contributed by atoms with Crippen LogP contribution < -0.4 is 10.2 Å². The van der Waals surface area contributed by atoms with Crippen LogP contribution in [0.25, 0.3) is 0 Å². The topological polar surface area (TPSA) is 61.4 Å². The molecule has 1 aliphatic carbocycles. The zero-order chi connectivity index (χ0) is 13.9. The predicted octanol–water partition coefficient (Wildman–Crippen LogP) is 1.21. The van der Waals surface area contributed by atoms with Crippen molar-refractivity contribution in [2.45, 2.75) is 25.7 Å². The molecule has 6 heteroatoms. The zero-order valence-corrected chi connectivity index (χ0v) is 11.9. The van der Waals surface area contributed by atoms with E-state index in [-0.39, 0.29) is 6.03 Å². The predicted molar refractivity (Wildman–Crippen MR) is 76.9 cm³/mol. The van der Waals surface area contributed by atoms with Crippen molar-refractivity contribution in [2.75, 3.05) is 37.6 Å². The lowest BCUT2D eigenvalue weighted by Crippen LogP contribution is -2.52. The van der Waals surface area contributed by atoms with E-state index in [0.717, 1.165) is 37.7 Å². The molecule has 3 rings (SSSR count). The first-order chi connectivity index (χ1) is 9.78. The Labute approximate surface area is 119 Å². The number of hydrogen-bond donors (Lipinski definition) is 1. The molecule has 0 unspecified atom stereocenters. The number of aromatic nitrogens is 2. The monoisotopic (exact) mass is 275 g/mol. The van der Waals surface area contributed by atoms with E-state index in [1.165, 1.54) is 12.8 Å². The largest absolute Gasteiger partial charge is 0.352 e. The van der Waals surface area contributed by atoms with E-state index in [9.17, 15) is 4.79 Å². The third-order valence-corrected chi connectivity index (χ3v) is 3.89. The molecule has 1 aliphatic heterocycles. The number of piperazine rings is 1. The van der Waals surface area contributed by atoms with E-state index in [1.54, 1.807) is 0 Å². The van der Waals surface area contributed by atoms with Crippen molar-refractivity contribution >= 4 is 11.8 Å². The minimum Gasteiger partial charge on any atom is -0.352 e. The first-order valence-corrected chi connectivity index (χ1v) is 7.39. The summed E-state index contributed by atoms with van der Waals surface area (Å²) in [5.41, 5.74) is 1.12. The maximum absolute atomic E-state index is 11.7. The number of nitrogens with zero attached hydrogens (tertiary/aromatic N) is 4. The van der Waals surface area contributed by atoms with E-state index >= 15 is 0 Å². The molecule has 1 saturated carbocycles. The van der Waals surface area contributed by atoms with Crippen molar-refractivity contribution in [3.63, 3.8) is 0 Å². The summed E-state index contributed by atoms with van der Waals surface area (Å²) in [6, 6.07) is 4.18. The Morgan fingerprint density at radius 1 is 1.25 bits per heavy atom. The zero-order valence-electron chi connectivity index (χ0n) is 11.9. The number of hydrogen-bond acceptors (Lipinski definition) is 4. The third-order valence-electron chi connectivity index (χ3n) is 3.89. The van der Waals surface area contributed by atoms with Gasteiger partial charge in [0.25, 0.3) is 0 Å². The van der Waals surface area contributed by atoms with E-state index < -0.39 is 0 Å². The molecule has 0 atom stereocenters. The summed E-state index contributed by atoms with van der Waals surface area (Å²) in [4.78, 5) is 15.8. The third kappa shape index (κ3) is 2.84. The van der Waals surface area contributed by atoms with Crippen molar-refractivity contribution in [1.82, 2.24) is 20.4 Å². The van der Waals surface area contributed by atoms with Gasteiger partial charge in [-0.25, -0.2) is 4.79 Å². The average molecular weight is 275 g/mol. The summed E-state index contributed by atoms with van der Waals surface area (Å²) >= 11 is 0. The molecule has 0 radical (unpaired) electrons. The molecule has 2 amide bonds. The van der Waals surface area contributed by atoms with Gasteiger partial charge in [-0.2, -0.15) is 5.10 Å². The second-order valence-electron chi connectivity index (χ2n) is 5.40. The van der Waals surface area contributed by atoms with Crippen molar-refractivity contribution < 1.29 is 4.79 Å². The van der Waals surface area contributed by atoms with Crippen LogP contribution in [0.2, 0.25) is 0 Å². The van der Waals surface area contributed by atoms with E-state index in [0.29, 0.717) is 12.5 Å². The highest BCUT2D eigenvalue weighted by molar-refractivity contribution is 5.74. The number of carbonyl (C=O) groups excluding carboxylic acids is 1. The SMILES string of the molecule is CCNC(=O)N1CCN(c2ccc(C3CC3)nn2)CC1. The first-order valence-electron chi connectivity index (χ1n) is 7.39. The Morgan fingerprint density at radius 3 is 2.55 bits per heavy atom. The molecule has 0 bridgehead atoms. The van der Waals surface area contributed by atoms with Gasteiger partial charge < -0.3 is 15.1 Å². The van der Waals surface area contributed by atoms with Crippen LogP contribution in [-0.4, -0.2) is 53.9 Å². The summed E-state index contributed by atoms with van der Waals surface area (Å²) in [6.45, 7) is 5.71. The summed E-state index contributed by atoms with van der Waals surface area (Å²) in [7, 11) is 0. The Bertz CT molecular complexity index is 463. The van der Waals surface area contributed by atoms with Gasteiger partial charge in [0, 0.05) is 38.6 Å². The molecule has 108 valence electrons. The molecule has 2 heterocycles. The van der Waals surface area contributed by atoms with Crippen LogP contribution in [0, 0.1) is 0 Å². The van der Waals surface area contributed by atoms with Gasteiger partial charge in [0.05, 0.1) is 5.69 Å². The van der Waals surface area contributed by atoms with Crippen LogP contribution in [0.1, 0.15) is 31.4 Å². The highest BCUT2D eigenvalue weighted by Crippen LogP contribution is 2.38. The molecular formula is C14H21N5O. The van der Waals surface area contributed by atoms with E-state index in [1.807, 2.05) is 11.8 Å². The fourth-order valence-corrected chi connectivity index (χ4v) is 2.50. The highest BCUT2D eigenvalue weighted by Gasteiger charge is 2.26. The minimum atomic E-state index is 0.0299. The molecule has 20 heavy (non-hydrogen) atoms. The Hall–Kier alpha value is -1.85. The number of carbonyl (C=O) groups is 1. The van der Waals surface area contributed by atoms with Gasteiger partial charge >= 0.3 is 6.03 Å². The number of nitrogens with one attached hydrogen (secondary N) is 1. The molecule has 6 nitrogen and oxygen atoms in total. The number of amides is 2. The molecule has 2 aliphatic rings. The fraction of sp³-hybridized carbons (Fsp3) is 0.643. The molecular weight excluding hydrogens is 254 g/mol. The van der Waals surface area contributed by atoms with Crippen LogP contribution in [-0.2, 0) is 0 Å². The quantitative estimate of drug-likeness (QED) is 0.900. The maximum Gasteiger partial charge on any atom is 0.317 e.